The van der Waals surface area contributed by atoms with Gasteiger partial charge in [-0.2, -0.15) is 0 Å². The number of para-hydroxylation sites is 1. The molecule has 0 atom stereocenters. The lowest BCUT2D eigenvalue weighted by molar-refractivity contribution is -0.124. The minimum absolute atomic E-state index is 0.0310. The Bertz CT molecular complexity index is 889. The van der Waals surface area contributed by atoms with E-state index in [9.17, 15) is 14.4 Å². The Balaban J connectivity index is 1.77. The van der Waals surface area contributed by atoms with Gasteiger partial charge in [-0.3, -0.25) is 9.59 Å². The fourth-order valence-electron chi connectivity index (χ4n) is 2.79. The molecular weight excluding hydrogens is 432 g/mol. The maximum atomic E-state index is 12.6. The first-order chi connectivity index (χ1) is 16.1. The Morgan fingerprint density at radius 3 is 1.82 bits per heavy atom. The average Bonchev–Trinajstić information content (AvgIpc) is 2.83. The second-order valence-electron chi connectivity index (χ2n) is 6.84. The number of fused-ring (bicyclic) bond motifs is 2. The predicted molar refractivity (Wildman–Crippen MR) is 116 cm³/mol. The van der Waals surface area contributed by atoms with Crippen LogP contribution in [0.3, 0.4) is 0 Å². The molecule has 33 heavy (non-hydrogen) atoms. The van der Waals surface area contributed by atoms with Gasteiger partial charge in [0.1, 0.15) is 0 Å². The van der Waals surface area contributed by atoms with Crippen LogP contribution in [-0.2, 0) is 19.1 Å². The predicted octanol–water partition coefficient (Wildman–Crippen LogP) is 0.943. The molecule has 2 bridgehead atoms. The Labute approximate surface area is 191 Å². The van der Waals surface area contributed by atoms with Crippen molar-refractivity contribution in [1.29, 1.82) is 0 Å². The molecule has 0 aliphatic carbocycles. The van der Waals surface area contributed by atoms with E-state index in [2.05, 4.69) is 10.6 Å². The summed E-state index contributed by atoms with van der Waals surface area (Å²) in [5, 5.41) is 5.35. The number of nitrogens with one attached hydrogen (secondary N) is 2. The van der Waals surface area contributed by atoms with Crippen LogP contribution in [-0.4, -0.2) is 70.5 Å². The highest BCUT2D eigenvalue weighted by Gasteiger charge is 2.19. The van der Waals surface area contributed by atoms with Gasteiger partial charge in [-0.15, -0.1) is 0 Å². The molecule has 2 amide bonds. The van der Waals surface area contributed by atoms with Crippen LogP contribution < -0.4 is 24.8 Å². The molecule has 0 radical (unpaired) electrons. The van der Waals surface area contributed by atoms with Crippen LogP contribution in [0.4, 0.5) is 0 Å². The molecule has 1 aliphatic rings. The molecule has 0 fully saturated rings. The van der Waals surface area contributed by atoms with Gasteiger partial charge in [-0.05, 0) is 24.3 Å². The molecule has 1 aliphatic heterocycles. The number of carbonyl (C=O) groups is 3. The van der Waals surface area contributed by atoms with Crippen LogP contribution in [0.2, 0.25) is 0 Å². The molecule has 0 saturated carbocycles. The third-order valence-electron chi connectivity index (χ3n) is 4.37. The van der Waals surface area contributed by atoms with Crippen molar-refractivity contribution in [3.63, 3.8) is 0 Å². The van der Waals surface area contributed by atoms with Gasteiger partial charge in [0.25, 0.3) is 11.8 Å². The monoisotopic (exact) mass is 458 g/mol. The van der Waals surface area contributed by atoms with Gasteiger partial charge < -0.3 is 34.3 Å². The summed E-state index contributed by atoms with van der Waals surface area (Å²) in [6.45, 7) is 1.33. The number of hydrogen-bond donors (Lipinski definition) is 2. The zero-order valence-electron chi connectivity index (χ0n) is 18.0. The van der Waals surface area contributed by atoms with Crippen LogP contribution in [0, 0.1) is 0 Å². The van der Waals surface area contributed by atoms with Crippen molar-refractivity contribution in [3.05, 3.63) is 54.1 Å². The maximum absolute atomic E-state index is 12.6. The van der Waals surface area contributed by atoms with E-state index in [-0.39, 0.29) is 42.3 Å². The SMILES string of the molecule is O=C1COc2cccc(c2OC(=O)c2ccccc2)OCC(=O)NCCOCCOCCN1. The van der Waals surface area contributed by atoms with Crippen molar-refractivity contribution in [2.75, 3.05) is 52.7 Å². The van der Waals surface area contributed by atoms with Crippen molar-refractivity contribution in [3.8, 4) is 17.2 Å². The summed E-state index contributed by atoms with van der Waals surface area (Å²) in [7, 11) is 0. The molecule has 0 unspecified atom stereocenters. The fourth-order valence-corrected chi connectivity index (χ4v) is 2.79. The largest absolute Gasteiger partial charge is 0.480 e. The molecule has 2 N–H and O–H groups in total. The highest BCUT2D eigenvalue weighted by molar-refractivity contribution is 5.91. The molecular formula is C23H26N2O8. The third-order valence-corrected chi connectivity index (χ3v) is 4.37. The fraction of sp³-hybridized carbons (Fsp3) is 0.348. The van der Waals surface area contributed by atoms with Crippen molar-refractivity contribution in [1.82, 2.24) is 10.6 Å². The number of hydrogen-bond acceptors (Lipinski definition) is 8. The Hall–Kier alpha value is -3.63. The Kier molecular flexibility index (Phi) is 9.49. The summed E-state index contributed by atoms with van der Waals surface area (Å²) in [6, 6.07) is 13.1. The van der Waals surface area contributed by atoms with Gasteiger partial charge in [0.05, 0.1) is 32.0 Å². The summed E-state index contributed by atoms with van der Waals surface area (Å²) in [5.41, 5.74) is 0.319. The number of esters is 1. The van der Waals surface area contributed by atoms with E-state index in [1.807, 2.05) is 0 Å². The molecule has 1 heterocycles. The second kappa shape index (κ2) is 13.0. The molecule has 2 aromatic rings. The molecule has 176 valence electrons. The van der Waals surface area contributed by atoms with E-state index in [4.69, 9.17) is 23.7 Å². The highest BCUT2D eigenvalue weighted by Crippen LogP contribution is 2.37. The number of benzene rings is 2. The number of amides is 2. The lowest BCUT2D eigenvalue weighted by Gasteiger charge is -2.16. The lowest BCUT2D eigenvalue weighted by Crippen LogP contribution is -2.32. The van der Waals surface area contributed by atoms with Gasteiger partial charge in [0.2, 0.25) is 5.75 Å². The Morgan fingerprint density at radius 1 is 0.727 bits per heavy atom. The van der Waals surface area contributed by atoms with Gasteiger partial charge in [0, 0.05) is 13.1 Å². The maximum Gasteiger partial charge on any atom is 0.343 e. The second-order valence-corrected chi connectivity index (χ2v) is 6.84. The summed E-state index contributed by atoms with van der Waals surface area (Å²) >= 11 is 0. The molecule has 0 aromatic heterocycles. The van der Waals surface area contributed by atoms with Crippen LogP contribution in [0.15, 0.2) is 48.5 Å². The van der Waals surface area contributed by atoms with Crippen LogP contribution in [0.1, 0.15) is 10.4 Å². The minimum atomic E-state index is -0.641. The first-order valence-electron chi connectivity index (χ1n) is 10.5. The van der Waals surface area contributed by atoms with Crippen molar-refractivity contribution in [2.24, 2.45) is 0 Å². The topological polar surface area (TPSA) is 121 Å². The number of rotatable bonds is 2. The normalized spacial score (nSPS) is 16.5. The van der Waals surface area contributed by atoms with E-state index < -0.39 is 5.97 Å². The zero-order chi connectivity index (χ0) is 23.3. The standard InChI is InChI=1S/C23H26N2O8/c26-20-15-31-18-7-4-8-19(22(18)33-23(28)17-5-2-1-3-6-17)32-16-21(27)25-10-12-30-14-13-29-11-9-24-20/h1-8H,9-16H2,(H,24,26)(H,25,27). The van der Waals surface area contributed by atoms with Crippen LogP contribution in [0.5, 0.6) is 17.2 Å². The highest BCUT2D eigenvalue weighted by atomic mass is 16.6. The van der Waals surface area contributed by atoms with Crippen LogP contribution >= 0.6 is 0 Å². The Morgan fingerprint density at radius 2 is 1.27 bits per heavy atom. The third kappa shape index (κ3) is 8.09. The molecule has 2 aromatic carbocycles. The number of carbonyl (C=O) groups excluding carboxylic acids is 3. The molecule has 10 heteroatoms. The first kappa shape index (κ1) is 24.0. The lowest BCUT2D eigenvalue weighted by atomic mass is 10.2. The van der Waals surface area contributed by atoms with E-state index in [0.29, 0.717) is 45.1 Å². The van der Waals surface area contributed by atoms with Crippen molar-refractivity contribution in [2.45, 2.75) is 0 Å². The number of ether oxygens (including phenoxy) is 5. The first-order valence-corrected chi connectivity index (χ1v) is 10.5. The van der Waals surface area contributed by atoms with E-state index in [1.165, 1.54) is 12.1 Å². The summed E-state index contributed by atoms with van der Waals surface area (Å²) in [5.74, 6) is -1.18. The molecule has 3 rings (SSSR count). The summed E-state index contributed by atoms with van der Waals surface area (Å²) in [6.07, 6.45) is 0. The van der Waals surface area contributed by atoms with Crippen molar-refractivity contribution < 1.29 is 38.1 Å². The summed E-state index contributed by atoms with van der Waals surface area (Å²) < 4.78 is 27.4. The quantitative estimate of drug-likeness (QED) is 0.504. The van der Waals surface area contributed by atoms with Gasteiger partial charge in [0.15, 0.2) is 24.7 Å². The smallest absolute Gasteiger partial charge is 0.343 e. The van der Waals surface area contributed by atoms with E-state index in [0.717, 1.165) is 0 Å². The van der Waals surface area contributed by atoms with Crippen molar-refractivity contribution >= 4 is 17.8 Å². The molecule has 0 spiro atoms. The van der Waals surface area contributed by atoms with Gasteiger partial charge >= 0.3 is 5.97 Å². The minimum Gasteiger partial charge on any atom is -0.480 e. The van der Waals surface area contributed by atoms with Gasteiger partial charge in [-0.25, -0.2) is 4.79 Å². The van der Waals surface area contributed by atoms with E-state index >= 15 is 0 Å². The molecule has 10 nitrogen and oxygen atoms in total. The van der Waals surface area contributed by atoms with Gasteiger partial charge in [-0.1, -0.05) is 24.3 Å². The molecule has 0 saturated heterocycles. The zero-order valence-corrected chi connectivity index (χ0v) is 18.0. The average molecular weight is 458 g/mol. The van der Waals surface area contributed by atoms with E-state index in [1.54, 1.807) is 36.4 Å². The summed E-state index contributed by atoms with van der Waals surface area (Å²) in [4.78, 5) is 36.8. The van der Waals surface area contributed by atoms with Crippen LogP contribution in [0.25, 0.3) is 0 Å².